The normalized spacial score (nSPS) is 10.0. The second kappa shape index (κ2) is 6.60. The molecule has 2 aromatic rings. The Balaban J connectivity index is 2.16. The summed E-state index contributed by atoms with van der Waals surface area (Å²) in [5.41, 5.74) is 6.34. The molecule has 0 heterocycles. The summed E-state index contributed by atoms with van der Waals surface area (Å²) in [4.78, 5) is 23.3. The van der Waals surface area contributed by atoms with E-state index in [2.05, 4.69) is 26.6 Å². The second-order valence-corrected chi connectivity index (χ2v) is 5.50. The van der Waals surface area contributed by atoms with E-state index in [0.29, 0.717) is 20.9 Å². The topological polar surface area (TPSA) is 84.2 Å². The molecule has 5 nitrogen and oxygen atoms in total. The van der Waals surface area contributed by atoms with Crippen molar-refractivity contribution in [2.75, 3.05) is 10.6 Å². The Bertz CT molecular complexity index is 706. The van der Waals surface area contributed by atoms with Crippen LogP contribution in [0.2, 0.25) is 5.02 Å². The van der Waals surface area contributed by atoms with Gasteiger partial charge in [0.1, 0.15) is 0 Å². The van der Waals surface area contributed by atoms with Crippen molar-refractivity contribution in [2.45, 2.75) is 0 Å². The highest BCUT2D eigenvalue weighted by Gasteiger charge is 2.11. The molecule has 0 radical (unpaired) electrons. The molecule has 0 fully saturated rings. The highest BCUT2D eigenvalue weighted by Crippen LogP contribution is 2.22. The lowest BCUT2D eigenvalue weighted by atomic mass is 10.1. The molecule has 21 heavy (non-hydrogen) atoms. The second-order valence-electron chi connectivity index (χ2n) is 4.14. The van der Waals surface area contributed by atoms with Crippen molar-refractivity contribution in [1.82, 2.24) is 0 Å². The summed E-state index contributed by atoms with van der Waals surface area (Å²) in [6.07, 6.45) is 0. The van der Waals surface area contributed by atoms with E-state index in [1.807, 2.05) is 0 Å². The molecule has 3 amide bonds. The molecule has 4 N–H and O–H groups in total. The molecule has 0 atom stereocenters. The number of carbonyl (C=O) groups is 2. The predicted octanol–water partition coefficient (Wildman–Crippen LogP) is 3.85. The minimum absolute atomic E-state index is 0.222. The van der Waals surface area contributed by atoms with E-state index in [1.54, 1.807) is 36.4 Å². The van der Waals surface area contributed by atoms with Gasteiger partial charge in [-0.15, -0.1) is 0 Å². The lowest BCUT2D eigenvalue weighted by molar-refractivity contribution is 0.100. The number of nitrogens with two attached hydrogens (primary N) is 1. The van der Waals surface area contributed by atoms with E-state index < -0.39 is 11.9 Å². The third-order valence-corrected chi connectivity index (χ3v) is 3.31. The summed E-state index contributed by atoms with van der Waals surface area (Å²) in [5.74, 6) is -0.624. The standard InChI is InChI=1S/C14H11BrClN3O2/c15-8-4-5-11(13(17)20)12(6-8)19-14(21)18-10-3-1-2-9(16)7-10/h1-7H,(H2,17,20)(H2,18,19,21). The fourth-order valence-corrected chi connectivity index (χ4v) is 2.24. The smallest absolute Gasteiger partial charge is 0.323 e. The van der Waals surface area contributed by atoms with Crippen LogP contribution in [0.15, 0.2) is 46.9 Å². The van der Waals surface area contributed by atoms with E-state index in [1.165, 1.54) is 6.07 Å². The third-order valence-electron chi connectivity index (χ3n) is 2.58. The Morgan fingerprint density at radius 2 is 1.86 bits per heavy atom. The number of anilines is 2. The summed E-state index contributed by atoms with van der Waals surface area (Å²) < 4.78 is 0.713. The first-order valence-electron chi connectivity index (χ1n) is 5.88. The minimum Gasteiger partial charge on any atom is -0.366 e. The van der Waals surface area contributed by atoms with Crippen LogP contribution in [0, 0.1) is 0 Å². The van der Waals surface area contributed by atoms with Gasteiger partial charge in [0.05, 0.1) is 11.3 Å². The largest absolute Gasteiger partial charge is 0.366 e. The number of hydrogen-bond acceptors (Lipinski definition) is 2. The molecule has 0 aliphatic carbocycles. The molecular formula is C14H11BrClN3O2. The number of halogens is 2. The number of carbonyl (C=O) groups excluding carboxylic acids is 2. The van der Waals surface area contributed by atoms with Gasteiger partial charge >= 0.3 is 6.03 Å². The predicted molar refractivity (Wildman–Crippen MR) is 86.8 cm³/mol. The molecule has 0 aromatic heterocycles. The maximum Gasteiger partial charge on any atom is 0.323 e. The van der Waals surface area contributed by atoms with Gasteiger partial charge in [0.25, 0.3) is 5.91 Å². The lowest BCUT2D eigenvalue weighted by Gasteiger charge is -2.11. The van der Waals surface area contributed by atoms with Crippen LogP contribution >= 0.6 is 27.5 Å². The highest BCUT2D eigenvalue weighted by atomic mass is 79.9. The summed E-state index contributed by atoms with van der Waals surface area (Å²) in [5, 5.41) is 5.70. The van der Waals surface area contributed by atoms with Crippen molar-refractivity contribution in [3.05, 3.63) is 57.5 Å². The van der Waals surface area contributed by atoms with Crippen LogP contribution < -0.4 is 16.4 Å². The average Bonchev–Trinajstić information content (AvgIpc) is 2.38. The highest BCUT2D eigenvalue weighted by molar-refractivity contribution is 9.10. The van der Waals surface area contributed by atoms with Crippen molar-refractivity contribution in [3.63, 3.8) is 0 Å². The number of hydrogen-bond donors (Lipinski definition) is 3. The molecule has 0 saturated heterocycles. The fraction of sp³-hybridized carbons (Fsp3) is 0. The average molecular weight is 369 g/mol. The van der Waals surface area contributed by atoms with Crippen molar-refractivity contribution in [1.29, 1.82) is 0 Å². The van der Waals surface area contributed by atoms with Gasteiger partial charge in [-0.3, -0.25) is 4.79 Å². The zero-order valence-corrected chi connectivity index (χ0v) is 13.0. The fourth-order valence-electron chi connectivity index (χ4n) is 1.69. The summed E-state index contributed by atoms with van der Waals surface area (Å²) >= 11 is 9.11. The Morgan fingerprint density at radius 3 is 2.52 bits per heavy atom. The third kappa shape index (κ3) is 4.21. The summed E-state index contributed by atoms with van der Waals surface area (Å²) in [6.45, 7) is 0. The van der Waals surface area contributed by atoms with E-state index >= 15 is 0 Å². The van der Waals surface area contributed by atoms with Gasteiger partial charge in [0, 0.05) is 15.2 Å². The number of urea groups is 1. The van der Waals surface area contributed by atoms with Crippen molar-refractivity contribution in [2.24, 2.45) is 5.73 Å². The van der Waals surface area contributed by atoms with Crippen molar-refractivity contribution in [3.8, 4) is 0 Å². The lowest BCUT2D eigenvalue weighted by Crippen LogP contribution is -2.22. The molecule has 2 aromatic carbocycles. The molecule has 0 aliphatic rings. The summed E-state index contributed by atoms with van der Waals surface area (Å²) in [7, 11) is 0. The van der Waals surface area contributed by atoms with Crippen LogP contribution in [0.1, 0.15) is 10.4 Å². The zero-order chi connectivity index (χ0) is 15.4. The Hall–Kier alpha value is -2.05. The molecular weight excluding hydrogens is 358 g/mol. The minimum atomic E-state index is -0.624. The van der Waals surface area contributed by atoms with Crippen molar-refractivity contribution < 1.29 is 9.59 Å². The van der Waals surface area contributed by atoms with Gasteiger partial charge in [-0.25, -0.2) is 4.79 Å². The van der Waals surface area contributed by atoms with Gasteiger partial charge in [-0.05, 0) is 36.4 Å². The van der Waals surface area contributed by atoms with E-state index in [-0.39, 0.29) is 5.56 Å². The van der Waals surface area contributed by atoms with Crippen LogP contribution in [0.5, 0.6) is 0 Å². The van der Waals surface area contributed by atoms with E-state index in [4.69, 9.17) is 17.3 Å². The van der Waals surface area contributed by atoms with Gasteiger partial charge in [0.2, 0.25) is 0 Å². The van der Waals surface area contributed by atoms with Gasteiger partial charge < -0.3 is 16.4 Å². The number of benzene rings is 2. The van der Waals surface area contributed by atoms with Gasteiger partial charge in [0.15, 0.2) is 0 Å². The molecule has 0 unspecified atom stereocenters. The van der Waals surface area contributed by atoms with Gasteiger partial charge in [-0.2, -0.15) is 0 Å². The van der Waals surface area contributed by atoms with Gasteiger partial charge in [-0.1, -0.05) is 33.6 Å². The SMILES string of the molecule is NC(=O)c1ccc(Br)cc1NC(=O)Nc1cccc(Cl)c1. The Kier molecular flexibility index (Phi) is 4.82. The van der Waals surface area contributed by atoms with Crippen LogP contribution in [0.25, 0.3) is 0 Å². The molecule has 108 valence electrons. The maximum absolute atomic E-state index is 11.9. The Morgan fingerprint density at radius 1 is 1.10 bits per heavy atom. The number of rotatable bonds is 3. The zero-order valence-electron chi connectivity index (χ0n) is 10.7. The number of primary amides is 1. The van der Waals surface area contributed by atoms with Crippen LogP contribution in [-0.2, 0) is 0 Å². The van der Waals surface area contributed by atoms with E-state index in [0.717, 1.165) is 0 Å². The first-order valence-corrected chi connectivity index (χ1v) is 7.06. The molecule has 0 spiro atoms. The van der Waals surface area contributed by atoms with Crippen LogP contribution in [0.3, 0.4) is 0 Å². The Labute approximate surface area is 134 Å². The first-order chi connectivity index (χ1) is 9.95. The molecule has 0 saturated carbocycles. The first kappa shape index (κ1) is 15.3. The molecule has 7 heteroatoms. The maximum atomic E-state index is 11.9. The molecule has 2 rings (SSSR count). The molecule has 0 bridgehead atoms. The van der Waals surface area contributed by atoms with Crippen LogP contribution in [-0.4, -0.2) is 11.9 Å². The van der Waals surface area contributed by atoms with Crippen molar-refractivity contribution >= 4 is 50.8 Å². The summed E-state index contributed by atoms with van der Waals surface area (Å²) in [6, 6.07) is 11.0. The number of amides is 3. The molecule has 0 aliphatic heterocycles. The monoisotopic (exact) mass is 367 g/mol. The van der Waals surface area contributed by atoms with Crippen LogP contribution in [0.4, 0.5) is 16.2 Å². The van der Waals surface area contributed by atoms with E-state index in [9.17, 15) is 9.59 Å². The number of nitrogens with one attached hydrogen (secondary N) is 2. The quantitative estimate of drug-likeness (QED) is 0.769.